The third kappa shape index (κ3) is 8.03. The van der Waals surface area contributed by atoms with Gasteiger partial charge in [-0.1, -0.05) is 59.6 Å². The van der Waals surface area contributed by atoms with Gasteiger partial charge in [-0.15, -0.1) is 0 Å². The first-order valence-electron chi connectivity index (χ1n) is 9.69. The van der Waals surface area contributed by atoms with Gasteiger partial charge in [-0.3, -0.25) is 9.40 Å². The van der Waals surface area contributed by atoms with E-state index >= 15 is 0 Å². The molecule has 0 heterocycles. The lowest BCUT2D eigenvalue weighted by molar-refractivity contribution is 0.0270. The lowest BCUT2D eigenvalue weighted by Gasteiger charge is -2.26. The van der Waals surface area contributed by atoms with Gasteiger partial charge in [0.1, 0.15) is 0 Å². The smallest absolute Gasteiger partial charge is 0.309 e. The highest BCUT2D eigenvalue weighted by Crippen LogP contribution is 2.55. The summed E-state index contributed by atoms with van der Waals surface area (Å²) in [6, 6.07) is 15.3. The van der Waals surface area contributed by atoms with Crippen molar-refractivity contribution in [3.05, 3.63) is 69.7 Å². The van der Waals surface area contributed by atoms with Crippen molar-refractivity contribution >= 4 is 30.8 Å². The molecule has 1 unspecified atom stereocenters. The highest BCUT2D eigenvalue weighted by atomic mass is 35.5. The van der Waals surface area contributed by atoms with E-state index in [1.54, 1.807) is 12.1 Å². The molecule has 1 atom stereocenters. The molecule has 0 aliphatic carbocycles. The molecule has 0 aliphatic heterocycles. The van der Waals surface area contributed by atoms with E-state index in [2.05, 4.69) is 5.48 Å². The zero-order chi connectivity index (χ0) is 21.1. The van der Waals surface area contributed by atoms with Gasteiger partial charge >= 0.3 is 7.60 Å². The van der Waals surface area contributed by atoms with Crippen molar-refractivity contribution in [2.75, 3.05) is 19.8 Å². The topological polar surface area (TPSA) is 56.8 Å². The molecule has 0 aromatic heterocycles. The highest BCUT2D eigenvalue weighted by Gasteiger charge is 2.35. The van der Waals surface area contributed by atoms with Crippen molar-refractivity contribution in [3.8, 4) is 0 Å². The fraction of sp³-hybridized carbons (Fsp3) is 0.429. The molecule has 0 fully saturated rings. The average molecular weight is 460 g/mol. The molecule has 0 saturated heterocycles. The molecule has 2 aromatic carbocycles. The Balaban J connectivity index is 2.01. The minimum absolute atomic E-state index is 0.313. The maximum Gasteiger partial charge on any atom is 0.334 e. The number of hydrogen-bond acceptors (Lipinski definition) is 5. The van der Waals surface area contributed by atoms with Crippen molar-refractivity contribution in [1.82, 2.24) is 5.48 Å². The molecule has 0 amide bonds. The lowest BCUT2D eigenvalue weighted by Crippen LogP contribution is -2.24. The number of rotatable bonds is 13. The first-order chi connectivity index (χ1) is 14.0. The van der Waals surface area contributed by atoms with E-state index in [1.165, 1.54) is 0 Å². The summed E-state index contributed by atoms with van der Waals surface area (Å²) in [5.74, 6) is 0. The molecule has 1 N–H and O–H groups in total. The van der Waals surface area contributed by atoms with Gasteiger partial charge in [0.2, 0.25) is 0 Å². The number of benzene rings is 2. The van der Waals surface area contributed by atoms with Crippen molar-refractivity contribution < 1.29 is 18.5 Å². The fourth-order valence-corrected chi connectivity index (χ4v) is 5.34. The summed E-state index contributed by atoms with van der Waals surface area (Å²) in [7, 11) is -3.30. The Labute approximate surface area is 183 Å². The van der Waals surface area contributed by atoms with E-state index in [4.69, 9.17) is 37.1 Å². The SMILES string of the molecule is CCOP(=O)(OCC)C(CCNOCc1ccccc1)Cc1ccc(Cl)c(Cl)c1. The monoisotopic (exact) mass is 459 g/mol. The minimum atomic E-state index is -3.30. The standard InChI is InChI=1S/C21H28Cl2NO4P/c1-3-27-29(25,28-4-2)19(14-18-10-11-20(22)21(23)15-18)12-13-24-26-16-17-8-6-5-7-9-17/h5-11,15,19,24H,3-4,12-14,16H2,1-2H3. The van der Waals surface area contributed by atoms with Gasteiger partial charge in [0.05, 0.1) is 35.5 Å². The molecule has 8 heteroatoms. The zero-order valence-electron chi connectivity index (χ0n) is 16.8. The maximum atomic E-state index is 13.4. The minimum Gasteiger partial charge on any atom is -0.309 e. The predicted octanol–water partition coefficient (Wildman–Crippen LogP) is 6.28. The van der Waals surface area contributed by atoms with Crippen molar-refractivity contribution in [1.29, 1.82) is 0 Å². The molecule has 0 aliphatic rings. The Morgan fingerprint density at radius 3 is 2.28 bits per heavy atom. The summed E-state index contributed by atoms with van der Waals surface area (Å²) in [6.07, 6.45) is 1.04. The fourth-order valence-electron chi connectivity index (χ4n) is 2.92. The quantitative estimate of drug-likeness (QED) is 0.217. The van der Waals surface area contributed by atoms with Gasteiger partial charge in [0.15, 0.2) is 0 Å². The molecular weight excluding hydrogens is 432 g/mol. The first kappa shape index (κ1) is 24.4. The van der Waals surface area contributed by atoms with E-state index in [0.29, 0.717) is 49.3 Å². The third-order valence-corrected chi connectivity index (χ3v) is 7.59. The van der Waals surface area contributed by atoms with Crippen LogP contribution in [0.2, 0.25) is 10.0 Å². The molecule has 29 heavy (non-hydrogen) atoms. The van der Waals surface area contributed by atoms with Crippen LogP contribution in [0.25, 0.3) is 0 Å². The van der Waals surface area contributed by atoms with Crippen LogP contribution in [0.3, 0.4) is 0 Å². The number of halogens is 2. The second kappa shape index (κ2) is 12.7. The van der Waals surface area contributed by atoms with E-state index < -0.39 is 7.60 Å². The number of hydrogen-bond donors (Lipinski definition) is 1. The molecule has 160 valence electrons. The van der Waals surface area contributed by atoms with Crippen molar-refractivity contribution in [3.63, 3.8) is 0 Å². The Morgan fingerprint density at radius 1 is 0.966 bits per heavy atom. The molecule has 0 saturated carbocycles. The highest BCUT2D eigenvalue weighted by molar-refractivity contribution is 7.54. The van der Waals surface area contributed by atoms with Crippen LogP contribution in [0, 0.1) is 0 Å². The van der Waals surface area contributed by atoms with Gasteiger partial charge in [-0.05, 0) is 49.9 Å². The van der Waals surface area contributed by atoms with Crippen molar-refractivity contribution in [2.45, 2.75) is 39.0 Å². The van der Waals surface area contributed by atoms with Gasteiger partial charge in [-0.25, -0.2) is 5.48 Å². The van der Waals surface area contributed by atoms with E-state index in [1.807, 2.05) is 50.2 Å². The van der Waals surface area contributed by atoms with Gasteiger partial charge in [-0.2, -0.15) is 0 Å². The molecule has 0 bridgehead atoms. The summed E-state index contributed by atoms with van der Waals surface area (Å²) in [5, 5.41) is 0.954. The van der Waals surface area contributed by atoms with Crippen molar-refractivity contribution in [2.24, 2.45) is 0 Å². The van der Waals surface area contributed by atoms with E-state index in [0.717, 1.165) is 11.1 Å². The van der Waals surface area contributed by atoms with Gasteiger partial charge in [0, 0.05) is 6.54 Å². The molecule has 2 aromatic rings. The normalized spacial score (nSPS) is 12.8. The molecule has 0 spiro atoms. The van der Waals surface area contributed by atoms with Crippen LogP contribution < -0.4 is 5.48 Å². The van der Waals surface area contributed by atoms with Crippen LogP contribution in [-0.4, -0.2) is 25.4 Å². The van der Waals surface area contributed by atoms with E-state index in [-0.39, 0.29) is 5.66 Å². The van der Waals surface area contributed by atoms with Crippen LogP contribution in [0.4, 0.5) is 0 Å². The summed E-state index contributed by atoms with van der Waals surface area (Å²) < 4.78 is 24.6. The lowest BCUT2D eigenvalue weighted by atomic mass is 10.1. The van der Waals surface area contributed by atoms with Crippen LogP contribution in [0.1, 0.15) is 31.4 Å². The Morgan fingerprint density at radius 2 is 1.66 bits per heavy atom. The van der Waals surface area contributed by atoms with E-state index in [9.17, 15) is 4.57 Å². The molecule has 0 radical (unpaired) electrons. The largest absolute Gasteiger partial charge is 0.334 e. The Hall–Kier alpha value is -0.910. The van der Waals surface area contributed by atoms with Crippen LogP contribution in [0.15, 0.2) is 48.5 Å². The summed E-state index contributed by atoms with van der Waals surface area (Å²) >= 11 is 12.2. The summed E-state index contributed by atoms with van der Waals surface area (Å²) in [6.45, 7) is 5.20. The second-order valence-corrected chi connectivity index (χ2v) is 9.58. The first-order valence-corrected chi connectivity index (χ1v) is 12.1. The number of hydroxylamine groups is 1. The summed E-state index contributed by atoms with van der Waals surface area (Å²) in [4.78, 5) is 5.53. The zero-order valence-corrected chi connectivity index (χ0v) is 19.2. The van der Waals surface area contributed by atoms with Crippen LogP contribution in [0.5, 0.6) is 0 Å². The Kier molecular flexibility index (Phi) is 10.7. The maximum absolute atomic E-state index is 13.4. The Bertz CT molecular complexity index is 782. The average Bonchev–Trinajstić information content (AvgIpc) is 2.70. The third-order valence-electron chi connectivity index (χ3n) is 4.28. The number of nitrogens with one attached hydrogen (secondary N) is 1. The van der Waals surface area contributed by atoms with Crippen LogP contribution >= 0.6 is 30.8 Å². The van der Waals surface area contributed by atoms with Crippen LogP contribution in [-0.2, 0) is 31.5 Å². The predicted molar refractivity (Wildman–Crippen MR) is 119 cm³/mol. The molecule has 2 rings (SSSR count). The molecule has 5 nitrogen and oxygen atoms in total. The van der Waals surface area contributed by atoms with Gasteiger partial charge < -0.3 is 9.05 Å². The second-order valence-electron chi connectivity index (χ2n) is 6.44. The van der Waals surface area contributed by atoms with Gasteiger partial charge in [0.25, 0.3) is 0 Å². The summed E-state index contributed by atoms with van der Waals surface area (Å²) in [5.41, 5.74) is 4.60. The molecular formula is C21H28Cl2NO4P.